The van der Waals surface area contributed by atoms with Crippen molar-refractivity contribution in [1.82, 2.24) is 4.98 Å². The van der Waals surface area contributed by atoms with Crippen LogP contribution in [0.3, 0.4) is 0 Å². The molecule has 116 valence electrons. The van der Waals surface area contributed by atoms with Gasteiger partial charge in [-0.15, -0.1) is 11.3 Å². The lowest BCUT2D eigenvalue weighted by molar-refractivity contribution is 0.995. The molecule has 0 N–H and O–H groups in total. The van der Waals surface area contributed by atoms with Crippen molar-refractivity contribution in [2.45, 2.75) is 33.6 Å². The van der Waals surface area contributed by atoms with Crippen molar-refractivity contribution in [3.05, 3.63) is 56.4 Å². The molecule has 0 radical (unpaired) electrons. The number of benzene rings is 1. The van der Waals surface area contributed by atoms with Gasteiger partial charge >= 0.3 is 0 Å². The zero-order chi connectivity index (χ0) is 16.1. The van der Waals surface area contributed by atoms with E-state index in [1.54, 1.807) is 11.3 Å². The Kier molecular flexibility index (Phi) is 3.55. The maximum atomic E-state index is 6.48. The van der Waals surface area contributed by atoms with Crippen molar-refractivity contribution in [3.8, 4) is 10.6 Å². The number of fused-ring (bicyclic) bond motifs is 2. The number of thiophene rings is 1. The third-order valence-electron chi connectivity index (χ3n) is 4.64. The lowest BCUT2D eigenvalue weighted by Crippen LogP contribution is -1.95. The number of pyridine rings is 1. The number of hydrogen-bond donors (Lipinski definition) is 0. The van der Waals surface area contributed by atoms with Gasteiger partial charge in [0, 0.05) is 5.39 Å². The molecular formula is C20H18ClNS. The van der Waals surface area contributed by atoms with Crippen molar-refractivity contribution in [3.63, 3.8) is 0 Å². The van der Waals surface area contributed by atoms with Crippen LogP contribution in [0.15, 0.2) is 24.3 Å². The van der Waals surface area contributed by atoms with Gasteiger partial charge in [0.1, 0.15) is 0 Å². The van der Waals surface area contributed by atoms with E-state index >= 15 is 0 Å². The van der Waals surface area contributed by atoms with Gasteiger partial charge in [-0.3, -0.25) is 0 Å². The zero-order valence-corrected chi connectivity index (χ0v) is 15.1. The van der Waals surface area contributed by atoms with Crippen LogP contribution >= 0.6 is 22.9 Å². The molecule has 0 fully saturated rings. The Morgan fingerprint density at radius 1 is 1.09 bits per heavy atom. The highest BCUT2D eigenvalue weighted by Crippen LogP contribution is 2.43. The third kappa shape index (κ3) is 2.32. The summed E-state index contributed by atoms with van der Waals surface area (Å²) >= 11 is 8.15. The summed E-state index contributed by atoms with van der Waals surface area (Å²) in [7, 11) is 0. The first kappa shape index (κ1) is 14.9. The molecule has 1 aliphatic rings. The van der Waals surface area contributed by atoms with E-state index in [0.717, 1.165) is 28.4 Å². The Morgan fingerprint density at radius 2 is 1.87 bits per heavy atom. The van der Waals surface area contributed by atoms with Crippen LogP contribution < -0.4 is 0 Å². The minimum absolute atomic E-state index is 0.917. The minimum atomic E-state index is 0.917. The van der Waals surface area contributed by atoms with Gasteiger partial charge in [-0.1, -0.05) is 35.9 Å². The highest BCUT2D eigenvalue weighted by molar-refractivity contribution is 7.19. The zero-order valence-electron chi connectivity index (χ0n) is 13.5. The highest BCUT2D eigenvalue weighted by atomic mass is 35.5. The van der Waals surface area contributed by atoms with Gasteiger partial charge < -0.3 is 0 Å². The first-order chi connectivity index (χ1) is 11.1. The van der Waals surface area contributed by atoms with Crippen LogP contribution in [0.4, 0.5) is 0 Å². The standard InChI is InChI=1S/C20H18ClNS/c1-11-8-9-12(2)18-17(11)13(3)10-16(22-18)19-14-6-4-5-7-15(14)20(21)23-19/h4,6,8-10H,5,7H2,1-3H3. The Balaban J connectivity index is 2.02. The fourth-order valence-electron chi connectivity index (χ4n) is 3.46. The van der Waals surface area contributed by atoms with Gasteiger partial charge in [-0.05, 0) is 67.5 Å². The quantitative estimate of drug-likeness (QED) is 0.493. The van der Waals surface area contributed by atoms with E-state index in [1.165, 1.54) is 38.1 Å². The molecule has 23 heavy (non-hydrogen) atoms. The molecule has 0 saturated carbocycles. The summed E-state index contributed by atoms with van der Waals surface area (Å²) in [5, 5.41) is 1.28. The normalized spacial score (nSPS) is 13.6. The first-order valence-corrected chi connectivity index (χ1v) is 9.11. The average molecular weight is 340 g/mol. The molecule has 2 aromatic heterocycles. The second kappa shape index (κ2) is 5.47. The number of hydrogen-bond acceptors (Lipinski definition) is 2. The van der Waals surface area contributed by atoms with Crippen molar-refractivity contribution in [1.29, 1.82) is 0 Å². The Morgan fingerprint density at radius 3 is 2.70 bits per heavy atom. The molecule has 3 heteroatoms. The van der Waals surface area contributed by atoms with Crippen LogP contribution in [0.25, 0.3) is 27.6 Å². The summed E-state index contributed by atoms with van der Waals surface area (Å²) in [4.78, 5) is 6.21. The second-order valence-corrected chi connectivity index (χ2v) is 7.91. The summed E-state index contributed by atoms with van der Waals surface area (Å²) in [5.41, 5.74) is 8.50. The van der Waals surface area contributed by atoms with Crippen LogP contribution in [-0.2, 0) is 6.42 Å². The molecule has 2 heterocycles. The van der Waals surface area contributed by atoms with Gasteiger partial charge in [-0.25, -0.2) is 4.98 Å². The van der Waals surface area contributed by atoms with E-state index in [9.17, 15) is 0 Å². The maximum Gasteiger partial charge on any atom is 0.0973 e. The van der Waals surface area contributed by atoms with Crippen molar-refractivity contribution in [2.75, 3.05) is 0 Å². The summed E-state index contributed by atoms with van der Waals surface area (Å²) in [6.45, 7) is 6.47. The van der Waals surface area contributed by atoms with Crippen molar-refractivity contribution >= 4 is 39.9 Å². The smallest absolute Gasteiger partial charge is 0.0973 e. The summed E-state index contributed by atoms with van der Waals surface area (Å²) in [5.74, 6) is 0. The molecule has 4 rings (SSSR count). The molecule has 1 nitrogen and oxygen atoms in total. The van der Waals surface area contributed by atoms with E-state index in [0.29, 0.717) is 0 Å². The number of allylic oxidation sites excluding steroid dienone is 1. The fraction of sp³-hybridized carbons (Fsp3) is 0.250. The summed E-state index contributed by atoms with van der Waals surface area (Å²) < 4.78 is 0.917. The molecule has 0 unspecified atom stereocenters. The van der Waals surface area contributed by atoms with Gasteiger partial charge in [0.05, 0.1) is 20.4 Å². The Hall–Kier alpha value is -1.64. The van der Waals surface area contributed by atoms with Crippen LogP contribution in [0.2, 0.25) is 4.34 Å². The van der Waals surface area contributed by atoms with Crippen LogP contribution in [0.5, 0.6) is 0 Å². The van der Waals surface area contributed by atoms with E-state index in [4.69, 9.17) is 16.6 Å². The summed E-state index contributed by atoms with van der Waals surface area (Å²) in [6.07, 6.45) is 6.55. The first-order valence-electron chi connectivity index (χ1n) is 7.92. The monoisotopic (exact) mass is 339 g/mol. The van der Waals surface area contributed by atoms with E-state index in [2.05, 4.69) is 51.1 Å². The number of nitrogens with zero attached hydrogens (tertiary/aromatic N) is 1. The fourth-order valence-corrected chi connectivity index (χ4v) is 4.91. The predicted molar refractivity (Wildman–Crippen MR) is 102 cm³/mol. The molecule has 0 spiro atoms. The van der Waals surface area contributed by atoms with Gasteiger partial charge in [-0.2, -0.15) is 0 Å². The minimum Gasteiger partial charge on any atom is -0.247 e. The molecule has 1 aliphatic carbocycles. The predicted octanol–water partition coefficient (Wildman–Crippen LogP) is 6.50. The molecule has 0 aliphatic heterocycles. The van der Waals surface area contributed by atoms with E-state index in [-0.39, 0.29) is 0 Å². The van der Waals surface area contributed by atoms with Crippen LogP contribution in [-0.4, -0.2) is 4.98 Å². The number of aromatic nitrogens is 1. The lowest BCUT2D eigenvalue weighted by atomic mass is 9.97. The molecule has 0 amide bonds. The average Bonchev–Trinajstić information content (AvgIpc) is 2.88. The molecule has 0 atom stereocenters. The molecule has 0 saturated heterocycles. The van der Waals surface area contributed by atoms with E-state index in [1.807, 2.05) is 0 Å². The van der Waals surface area contributed by atoms with Crippen LogP contribution in [0.1, 0.15) is 34.2 Å². The van der Waals surface area contributed by atoms with E-state index < -0.39 is 0 Å². The lowest BCUT2D eigenvalue weighted by Gasteiger charge is -2.12. The topological polar surface area (TPSA) is 12.9 Å². The molecular weight excluding hydrogens is 322 g/mol. The van der Waals surface area contributed by atoms with Crippen molar-refractivity contribution in [2.24, 2.45) is 0 Å². The SMILES string of the molecule is Cc1ccc(C)c2c(C)cc(-c3sc(Cl)c4c3C=CCC4)nc12. The number of rotatable bonds is 1. The second-order valence-electron chi connectivity index (χ2n) is 6.29. The third-order valence-corrected chi connectivity index (χ3v) is 6.16. The summed E-state index contributed by atoms with van der Waals surface area (Å²) in [6, 6.07) is 6.54. The van der Waals surface area contributed by atoms with Gasteiger partial charge in [0.25, 0.3) is 0 Å². The Bertz CT molecular complexity index is 966. The van der Waals surface area contributed by atoms with Crippen molar-refractivity contribution < 1.29 is 0 Å². The molecule has 3 aromatic rings. The molecule has 1 aromatic carbocycles. The number of halogens is 1. The molecule has 0 bridgehead atoms. The Labute approximate surface area is 145 Å². The van der Waals surface area contributed by atoms with Crippen LogP contribution in [0, 0.1) is 20.8 Å². The highest BCUT2D eigenvalue weighted by Gasteiger charge is 2.20. The van der Waals surface area contributed by atoms with Gasteiger partial charge in [0.15, 0.2) is 0 Å². The van der Waals surface area contributed by atoms with Gasteiger partial charge in [0.2, 0.25) is 0 Å². The maximum absolute atomic E-state index is 6.48. The largest absolute Gasteiger partial charge is 0.247 e. The number of aryl methyl sites for hydroxylation is 3.